The van der Waals surface area contributed by atoms with Crippen LogP contribution in [0.25, 0.3) is 0 Å². The van der Waals surface area contributed by atoms with E-state index in [4.69, 9.17) is 0 Å². The Bertz CT molecular complexity index is 665. The molecule has 0 aromatic heterocycles. The maximum Gasteiger partial charge on any atom is 0.319 e. The van der Waals surface area contributed by atoms with Crippen molar-refractivity contribution in [3.8, 4) is 0 Å². The second-order valence-corrected chi connectivity index (χ2v) is 8.05. The van der Waals surface area contributed by atoms with Crippen molar-refractivity contribution in [1.29, 1.82) is 0 Å². The molecule has 0 bridgehead atoms. The molecule has 0 unspecified atom stereocenters. The van der Waals surface area contributed by atoms with Crippen LogP contribution >= 0.6 is 0 Å². The molecule has 1 aromatic rings. The van der Waals surface area contributed by atoms with Gasteiger partial charge in [-0.1, -0.05) is 18.6 Å². The fourth-order valence-corrected chi connectivity index (χ4v) is 4.14. The van der Waals surface area contributed by atoms with Gasteiger partial charge in [0.25, 0.3) is 0 Å². The van der Waals surface area contributed by atoms with E-state index in [0.717, 1.165) is 38.0 Å². The molecule has 1 saturated carbocycles. The first-order valence-corrected chi connectivity index (χ1v) is 10.4. The number of nitrogens with one attached hydrogen (secondary N) is 2. The summed E-state index contributed by atoms with van der Waals surface area (Å²) in [5.41, 5.74) is 2.05. The lowest BCUT2D eigenvalue weighted by Gasteiger charge is -2.26. The number of hydrogen-bond donors (Lipinski definition) is 2. The lowest BCUT2D eigenvalue weighted by molar-refractivity contribution is -0.129. The lowest BCUT2D eigenvalue weighted by atomic mass is 10.1. The molecule has 2 heterocycles. The van der Waals surface area contributed by atoms with Crippen molar-refractivity contribution in [2.24, 2.45) is 0 Å². The van der Waals surface area contributed by atoms with Gasteiger partial charge in [-0.05, 0) is 69.3 Å². The first kappa shape index (κ1) is 18.3. The van der Waals surface area contributed by atoms with Crippen LogP contribution in [0.5, 0.6) is 0 Å². The molecule has 2 aliphatic heterocycles. The highest BCUT2D eigenvalue weighted by Gasteiger charge is 2.40. The molecule has 1 aliphatic carbocycles. The zero-order chi connectivity index (χ0) is 18.6. The van der Waals surface area contributed by atoms with Gasteiger partial charge in [-0.15, -0.1) is 0 Å². The largest absolute Gasteiger partial charge is 0.338 e. The summed E-state index contributed by atoms with van der Waals surface area (Å²) >= 11 is 0. The Morgan fingerprint density at radius 2 is 1.74 bits per heavy atom. The van der Waals surface area contributed by atoms with E-state index in [1.807, 2.05) is 17.0 Å². The molecule has 1 aromatic carbocycles. The fourth-order valence-electron chi connectivity index (χ4n) is 4.14. The van der Waals surface area contributed by atoms with Gasteiger partial charge in [0.1, 0.15) is 6.04 Å². The third kappa shape index (κ3) is 4.80. The third-order valence-electron chi connectivity index (χ3n) is 5.91. The van der Waals surface area contributed by atoms with Crippen molar-refractivity contribution in [3.05, 3.63) is 29.8 Å². The fraction of sp³-hybridized carbons (Fsp3) is 0.619. The molecule has 0 spiro atoms. The maximum atomic E-state index is 12.3. The number of carbonyl (C=O) groups is 2. The number of likely N-dealkylation sites (tertiary alicyclic amines) is 2. The summed E-state index contributed by atoms with van der Waals surface area (Å²) in [4.78, 5) is 29.0. The van der Waals surface area contributed by atoms with Crippen molar-refractivity contribution in [3.63, 3.8) is 0 Å². The molecule has 0 radical (unpaired) electrons. The molecule has 3 aliphatic rings. The standard InChI is InChI=1S/C21H30N4O2/c26-20-19(11-15-25(20)18-8-9-18)23-21(27)22-17-6-4-16(5-7-17)10-14-24-12-2-1-3-13-24/h4-7,18-19H,1-3,8-15H2,(H2,22,23,27)/t19-/m0/s1. The molecule has 6 nitrogen and oxygen atoms in total. The first-order chi connectivity index (χ1) is 13.2. The Labute approximate surface area is 161 Å². The zero-order valence-electron chi connectivity index (χ0n) is 16.0. The van der Waals surface area contributed by atoms with Crippen LogP contribution in [-0.4, -0.2) is 60.0 Å². The quantitative estimate of drug-likeness (QED) is 0.809. The van der Waals surface area contributed by atoms with Crippen LogP contribution in [0.4, 0.5) is 10.5 Å². The molecular weight excluding hydrogens is 340 g/mol. The summed E-state index contributed by atoms with van der Waals surface area (Å²) in [6.07, 6.45) is 7.96. The van der Waals surface area contributed by atoms with Crippen LogP contribution in [0.3, 0.4) is 0 Å². The van der Waals surface area contributed by atoms with Crippen LogP contribution in [0.2, 0.25) is 0 Å². The molecule has 2 saturated heterocycles. The van der Waals surface area contributed by atoms with Gasteiger partial charge in [-0.3, -0.25) is 4.79 Å². The van der Waals surface area contributed by atoms with Gasteiger partial charge in [0.15, 0.2) is 0 Å². The van der Waals surface area contributed by atoms with E-state index in [1.165, 1.54) is 37.9 Å². The normalized spacial score (nSPS) is 23.5. The summed E-state index contributed by atoms with van der Waals surface area (Å²) in [7, 11) is 0. The number of piperidine rings is 1. The Kier molecular flexibility index (Phi) is 5.62. The average Bonchev–Trinajstić information content (AvgIpc) is 3.47. The Morgan fingerprint density at radius 3 is 2.44 bits per heavy atom. The zero-order valence-corrected chi connectivity index (χ0v) is 16.0. The Hall–Kier alpha value is -2.08. The van der Waals surface area contributed by atoms with Gasteiger partial charge >= 0.3 is 6.03 Å². The third-order valence-corrected chi connectivity index (χ3v) is 5.91. The van der Waals surface area contributed by atoms with Crippen molar-refractivity contribution in [2.75, 3.05) is 31.5 Å². The molecule has 6 heteroatoms. The van der Waals surface area contributed by atoms with Crippen LogP contribution < -0.4 is 10.6 Å². The molecule has 1 atom stereocenters. The van der Waals surface area contributed by atoms with Crippen LogP contribution in [-0.2, 0) is 11.2 Å². The molecule has 146 valence electrons. The molecule has 27 heavy (non-hydrogen) atoms. The number of amides is 3. The highest BCUT2D eigenvalue weighted by molar-refractivity contribution is 5.94. The van der Waals surface area contributed by atoms with E-state index in [0.29, 0.717) is 12.5 Å². The number of rotatable bonds is 6. The van der Waals surface area contributed by atoms with Crippen LogP contribution in [0, 0.1) is 0 Å². The van der Waals surface area contributed by atoms with Gasteiger partial charge in [0.2, 0.25) is 5.91 Å². The topological polar surface area (TPSA) is 64.7 Å². The van der Waals surface area contributed by atoms with Crippen LogP contribution in [0.1, 0.15) is 44.1 Å². The van der Waals surface area contributed by atoms with Crippen LogP contribution in [0.15, 0.2) is 24.3 Å². The molecule has 3 fully saturated rings. The van der Waals surface area contributed by atoms with Crippen molar-refractivity contribution in [1.82, 2.24) is 15.1 Å². The molecule has 3 amide bonds. The molecule has 2 N–H and O–H groups in total. The number of nitrogens with zero attached hydrogens (tertiary/aromatic N) is 2. The van der Waals surface area contributed by atoms with Gasteiger partial charge in [-0.25, -0.2) is 4.79 Å². The SMILES string of the molecule is O=C(Nc1ccc(CCN2CCCCC2)cc1)N[C@H]1CCN(C2CC2)C1=O. The average molecular weight is 370 g/mol. The summed E-state index contributed by atoms with van der Waals surface area (Å²) in [6, 6.07) is 7.78. The van der Waals surface area contributed by atoms with E-state index < -0.39 is 0 Å². The predicted molar refractivity (Wildman–Crippen MR) is 106 cm³/mol. The van der Waals surface area contributed by atoms with E-state index in [2.05, 4.69) is 27.7 Å². The van der Waals surface area contributed by atoms with Gasteiger partial charge in [0.05, 0.1) is 0 Å². The van der Waals surface area contributed by atoms with E-state index in [1.54, 1.807) is 0 Å². The van der Waals surface area contributed by atoms with Crippen molar-refractivity contribution >= 4 is 17.6 Å². The smallest absolute Gasteiger partial charge is 0.319 e. The number of benzene rings is 1. The minimum atomic E-state index is -0.380. The highest BCUT2D eigenvalue weighted by atomic mass is 16.2. The predicted octanol–water partition coefficient (Wildman–Crippen LogP) is 2.60. The summed E-state index contributed by atoms with van der Waals surface area (Å²) < 4.78 is 0. The number of anilines is 1. The molecule has 4 rings (SSSR count). The number of carbonyl (C=O) groups excluding carboxylic acids is 2. The number of urea groups is 1. The number of hydrogen-bond acceptors (Lipinski definition) is 3. The van der Waals surface area contributed by atoms with E-state index >= 15 is 0 Å². The highest BCUT2D eigenvalue weighted by Crippen LogP contribution is 2.30. The van der Waals surface area contributed by atoms with Gasteiger partial charge in [-0.2, -0.15) is 0 Å². The minimum Gasteiger partial charge on any atom is -0.338 e. The maximum absolute atomic E-state index is 12.3. The Balaban J connectivity index is 1.22. The summed E-state index contributed by atoms with van der Waals surface area (Å²) in [5, 5.41) is 5.68. The van der Waals surface area contributed by atoms with Crippen molar-refractivity contribution < 1.29 is 9.59 Å². The lowest BCUT2D eigenvalue weighted by Crippen LogP contribution is -2.43. The minimum absolute atomic E-state index is 0.0701. The second-order valence-electron chi connectivity index (χ2n) is 8.05. The summed E-state index contributed by atoms with van der Waals surface area (Å²) in [6.45, 7) is 4.31. The monoisotopic (exact) mass is 370 g/mol. The van der Waals surface area contributed by atoms with E-state index in [9.17, 15) is 9.59 Å². The van der Waals surface area contributed by atoms with E-state index in [-0.39, 0.29) is 18.0 Å². The van der Waals surface area contributed by atoms with Crippen molar-refractivity contribution in [2.45, 2.75) is 57.0 Å². The van der Waals surface area contributed by atoms with Gasteiger partial charge in [0, 0.05) is 24.8 Å². The Morgan fingerprint density at radius 1 is 1.00 bits per heavy atom. The molecular formula is C21H30N4O2. The first-order valence-electron chi connectivity index (χ1n) is 10.4. The second kappa shape index (κ2) is 8.30. The van der Waals surface area contributed by atoms with Gasteiger partial charge < -0.3 is 20.4 Å². The summed E-state index contributed by atoms with van der Waals surface area (Å²) in [5.74, 6) is 0.0701.